The molecule has 0 bridgehead atoms. The highest BCUT2D eigenvalue weighted by atomic mass is 79.9. The number of nitrogens with zero attached hydrogens (tertiary/aromatic N) is 1. The Morgan fingerprint density at radius 2 is 2.20 bits per heavy atom. The van der Waals surface area contributed by atoms with Gasteiger partial charge < -0.3 is 10.1 Å². The maximum Gasteiger partial charge on any atom is 0.313 e. The first-order valence-electron chi connectivity index (χ1n) is 6.24. The van der Waals surface area contributed by atoms with Gasteiger partial charge in [0, 0.05) is 29.0 Å². The molecule has 2 unspecified atom stereocenters. The maximum atomic E-state index is 11.1. The Bertz CT molecular complexity index is 551. The lowest BCUT2D eigenvalue weighted by Gasteiger charge is -2.51. The predicted octanol–water partition coefficient (Wildman–Crippen LogP) is 3.78. The Labute approximate surface area is 130 Å². The topological polar surface area (TPSA) is 64.4 Å². The van der Waals surface area contributed by atoms with Crippen LogP contribution >= 0.6 is 27.5 Å². The van der Waals surface area contributed by atoms with E-state index in [0.717, 1.165) is 6.42 Å². The number of nitrogens with one attached hydrogen (secondary N) is 1. The highest BCUT2D eigenvalue weighted by Crippen LogP contribution is 2.46. The Morgan fingerprint density at radius 3 is 2.70 bits per heavy atom. The van der Waals surface area contributed by atoms with Gasteiger partial charge in [-0.1, -0.05) is 25.4 Å². The molecule has 1 aromatic carbocycles. The van der Waals surface area contributed by atoms with Gasteiger partial charge in [-0.15, -0.1) is 0 Å². The summed E-state index contributed by atoms with van der Waals surface area (Å²) in [6, 6.07) is 3.26. The van der Waals surface area contributed by atoms with Crippen molar-refractivity contribution in [2.45, 2.75) is 32.4 Å². The van der Waals surface area contributed by atoms with Gasteiger partial charge in [0.05, 0.1) is 9.40 Å². The first-order chi connectivity index (χ1) is 9.27. The van der Waals surface area contributed by atoms with Crippen molar-refractivity contribution in [2.75, 3.05) is 7.05 Å². The molecule has 1 aliphatic carbocycles. The van der Waals surface area contributed by atoms with Gasteiger partial charge in [-0.2, -0.15) is 0 Å². The highest BCUT2D eigenvalue weighted by molar-refractivity contribution is 9.10. The van der Waals surface area contributed by atoms with Crippen LogP contribution in [-0.2, 0) is 0 Å². The molecule has 0 aromatic heterocycles. The van der Waals surface area contributed by atoms with Crippen LogP contribution in [0.25, 0.3) is 0 Å². The quantitative estimate of drug-likeness (QED) is 0.653. The van der Waals surface area contributed by atoms with Crippen molar-refractivity contribution in [2.24, 2.45) is 5.41 Å². The van der Waals surface area contributed by atoms with E-state index in [-0.39, 0.29) is 23.0 Å². The summed E-state index contributed by atoms with van der Waals surface area (Å²) in [5.41, 5.74) is -0.199. The zero-order valence-electron chi connectivity index (χ0n) is 11.4. The molecule has 0 spiro atoms. The minimum Gasteiger partial charge on any atom is -0.482 e. The number of hydrogen-bond donors (Lipinski definition) is 1. The number of hydrogen-bond acceptors (Lipinski definition) is 4. The molecule has 0 aliphatic heterocycles. The molecule has 1 aliphatic rings. The molecule has 7 heteroatoms. The van der Waals surface area contributed by atoms with E-state index in [0.29, 0.717) is 15.5 Å². The lowest BCUT2D eigenvalue weighted by molar-refractivity contribution is -0.386. The third-order valence-electron chi connectivity index (χ3n) is 3.97. The van der Waals surface area contributed by atoms with Crippen molar-refractivity contribution < 1.29 is 9.66 Å². The number of nitro groups is 1. The fourth-order valence-electron chi connectivity index (χ4n) is 2.52. The van der Waals surface area contributed by atoms with E-state index < -0.39 is 4.92 Å². The molecule has 5 nitrogen and oxygen atoms in total. The van der Waals surface area contributed by atoms with Gasteiger partial charge in [-0.25, -0.2) is 0 Å². The SMILES string of the molecule is CNC1CC(Oc2c(Br)cc(Cl)cc2[N+](=O)[O-])C1(C)C. The lowest BCUT2D eigenvalue weighted by atomic mass is 9.64. The van der Waals surface area contributed by atoms with Crippen LogP contribution in [0.4, 0.5) is 5.69 Å². The van der Waals surface area contributed by atoms with Crippen LogP contribution in [0.1, 0.15) is 20.3 Å². The number of nitro benzene ring substituents is 1. The zero-order chi connectivity index (χ0) is 15.1. The Balaban J connectivity index is 2.29. The van der Waals surface area contributed by atoms with Crippen LogP contribution < -0.4 is 10.1 Å². The molecule has 1 saturated carbocycles. The third kappa shape index (κ3) is 2.64. The number of rotatable bonds is 4. The Hall–Kier alpha value is -0.850. The van der Waals surface area contributed by atoms with E-state index in [9.17, 15) is 10.1 Å². The van der Waals surface area contributed by atoms with Gasteiger partial charge in [0.2, 0.25) is 5.75 Å². The van der Waals surface area contributed by atoms with Crippen molar-refractivity contribution in [3.05, 3.63) is 31.7 Å². The van der Waals surface area contributed by atoms with Gasteiger partial charge in [0.15, 0.2) is 0 Å². The molecule has 110 valence electrons. The van der Waals surface area contributed by atoms with Gasteiger partial charge in [-0.05, 0) is 29.0 Å². The molecule has 0 amide bonds. The van der Waals surface area contributed by atoms with Crippen LogP contribution in [0, 0.1) is 15.5 Å². The molecule has 1 N–H and O–H groups in total. The lowest BCUT2D eigenvalue weighted by Crippen LogP contribution is -2.61. The summed E-state index contributed by atoms with van der Waals surface area (Å²) in [5, 5.41) is 14.7. The number of ether oxygens (including phenoxy) is 1. The average molecular weight is 364 g/mol. The van der Waals surface area contributed by atoms with Crippen molar-refractivity contribution >= 4 is 33.2 Å². The smallest absolute Gasteiger partial charge is 0.313 e. The van der Waals surface area contributed by atoms with Crippen LogP contribution in [-0.4, -0.2) is 24.1 Å². The van der Waals surface area contributed by atoms with Gasteiger partial charge in [0.25, 0.3) is 0 Å². The minimum atomic E-state index is -0.479. The number of benzene rings is 1. The van der Waals surface area contributed by atoms with Gasteiger partial charge in [-0.3, -0.25) is 10.1 Å². The summed E-state index contributed by atoms with van der Waals surface area (Å²) in [5.74, 6) is 0.243. The van der Waals surface area contributed by atoms with Crippen molar-refractivity contribution in [3.63, 3.8) is 0 Å². The molecule has 1 aromatic rings. The first kappa shape index (κ1) is 15.5. The van der Waals surface area contributed by atoms with Gasteiger partial charge >= 0.3 is 5.69 Å². The van der Waals surface area contributed by atoms with Crippen LogP contribution in [0.2, 0.25) is 5.02 Å². The monoisotopic (exact) mass is 362 g/mol. The molecule has 2 atom stereocenters. The molecular formula is C13H16BrClN2O3. The van der Waals surface area contributed by atoms with E-state index in [1.54, 1.807) is 6.07 Å². The second-order valence-electron chi connectivity index (χ2n) is 5.50. The van der Waals surface area contributed by atoms with Crippen LogP contribution in [0.15, 0.2) is 16.6 Å². The summed E-state index contributed by atoms with van der Waals surface area (Å²) < 4.78 is 6.39. The fourth-order valence-corrected chi connectivity index (χ4v) is 3.40. The summed E-state index contributed by atoms with van der Waals surface area (Å²) in [6.07, 6.45) is 0.742. The third-order valence-corrected chi connectivity index (χ3v) is 4.78. The minimum absolute atomic E-state index is 0.0730. The highest BCUT2D eigenvalue weighted by Gasteiger charge is 2.49. The molecule has 0 heterocycles. The van der Waals surface area contributed by atoms with E-state index in [1.807, 2.05) is 7.05 Å². The maximum absolute atomic E-state index is 11.1. The predicted molar refractivity (Wildman–Crippen MR) is 81.5 cm³/mol. The van der Waals surface area contributed by atoms with Crippen LogP contribution in [0.5, 0.6) is 5.75 Å². The fraction of sp³-hybridized carbons (Fsp3) is 0.538. The van der Waals surface area contributed by atoms with E-state index in [1.165, 1.54) is 6.07 Å². The first-order valence-corrected chi connectivity index (χ1v) is 7.41. The van der Waals surface area contributed by atoms with Crippen molar-refractivity contribution in [3.8, 4) is 5.75 Å². The van der Waals surface area contributed by atoms with E-state index in [2.05, 4.69) is 35.1 Å². The Morgan fingerprint density at radius 1 is 1.55 bits per heavy atom. The van der Waals surface area contributed by atoms with E-state index in [4.69, 9.17) is 16.3 Å². The molecule has 1 fully saturated rings. The Kier molecular flexibility index (Phi) is 4.27. The second-order valence-corrected chi connectivity index (χ2v) is 6.79. The van der Waals surface area contributed by atoms with E-state index >= 15 is 0 Å². The molecule has 20 heavy (non-hydrogen) atoms. The van der Waals surface area contributed by atoms with Crippen molar-refractivity contribution in [1.82, 2.24) is 5.32 Å². The summed E-state index contributed by atoms with van der Waals surface area (Å²) in [6.45, 7) is 4.16. The standard InChI is InChI=1S/C13H16BrClN2O3/c1-13(2)10(16-3)6-11(13)20-12-8(14)4-7(15)5-9(12)17(18)19/h4-5,10-11,16H,6H2,1-3H3. The normalized spacial score (nSPS) is 24.1. The summed E-state index contributed by atoms with van der Waals surface area (Å²) in [4.78, 5) is 10.7. The summed E-state index contributed by atoms with van der Waals surface area (Å²) >= 11 is 9.14. The summed E-state index contributed by atoms with van der Waals surface area (Å²) in [7, 11) is 1.91. The number of halogens is 2. The molecular weight excluding hydrogens is 348 g/mol. The zero-order valence-corrected chi connectivity index (χ0v) is 13.8. The van der Waals surface area contributed by atoms with Gasteiger partial charge in [0.1, 0.15) is 6.10 Å². The molecule has 0 radical (unpaired) electrons. The van der Waals surface area contributed by atoms with Crippen molar-refractivity contribution in [1.29, 1.82) is 0 Å². The average Bonchev–Trinajstić information content (AvgIpc) is 2.34. The molecule has 0 saturated heterocycles. The molecule has 2 rings (SSSR count). The second kappa shape index (κ2) is 5.50. The van der Waals surface area contributed by atoms with Crippen LogP contribution in [0.3, 0.4) is 0 Å². The largest absolute Gasteiger partial charge is 0.482 e.